The third-order valence-corrected chi connectivity index (χ3v) is 3.37. The maximum absolute atomic E-state index is 12.9. The fourth-order valence-electron chi connectivity index (χ4n) is 2.13. The number of benzene rings is 1. The van der Waals surface area contributed by atoms with Crippen molar-refractivity contribution in [1.29, 1.82) is 0 Å². The Morgan fingerprint density at radius 1 is 0.958 bits per heavy atom. The number of rotatable bonds is 7. The lowest BCUT2D eigenvalue weighted by Crippen LogP contribution is -2.10. The molecule has 2 heterocycles. The SMILES string of the molecule is Fc1ccc(CCNc2nncc(NCc3cccnc3)n2)cc1. The van der Waals surface area contributed by atoms with Crippen molar-refractivity contribution in [2.45, 2.75) is 13.0 Å². The molecule has 0 saturated carbocycles. The average Bonchev–Trinajstić information content (AvgIpc) is 2.63. The molecule has 0 aliphatic heterocycles. The predicted octanol–water partition coefficient (Wildman–Crippen LogP) is 2.67. The molecular weight excluding hydrogens is 307 g/mol. The first-order chi connectivity index (χ1) is 11.8. The second-order valence-corrected chi connectivity index (χ2v) is 5.18. The number of nitrogens with zero attached hydrogens (tertiary/aromatic N) is 4. The highest BCUT2D eigenvalue weighted by atomic mass is 19.1. The maximum atomic E-state index is 12.9. The summed E-state index contributed by atoms with van der Waals surface area (Å²) >= 11 is 0. The van der Waals surface area contributed by atoms with E-state index in [1.54, 1.807) is 30.7 Å². The molecule has 0 fully saturated rings. The van der Waals surface area contributed by atoms with Gasteiger partial charge in [-0.1, -0.05) is 18.2 Å². The van der Waals surface area contributed by atoms with Gasteiger partial charge in [0.15, 0.2) is 5.82 Å². The largest absolute Gasteiger partial charge is 0.364 e. The number of halogens is 1. The highest BCUT2D eigenvalue weighted by molar-refractivity contribution is 5.37. The Morgan fingerprint density at radius 3 is 2.62 bits per heavy atom. The standard InChI is InChI=1S/C17H17FN6/c18-15-5-3-13(4-6-15)7-9-20-17-23-16(12-22-24-17)21-11-14-2-1-8-19-10-14/h1-6,8,10,12H,7,9,11H2,(H2,20,21,23,24). The van der Waals surface area contributed by atoms with Crippen LogP contribution in [-0.2, 0) is 13.0 Å². The monoisotopic (exact) mass is 324 g/mol. The van der Waals surface area contributed by atoms with Gasteiger partial charge in [-0.25, -0.2) is 4.39 Å². The highest BCUT2D eigenvalue weighted by Gasteiger charge is 2.01. The van der Waals surface area contributed by atoms with Gasteiger partial charge in [0.05, 0.1) is 6.20 Å². The lowest BCUT2D eigenvalue weighted by atomic mass is 10.1. The van der Waals surface area contributed by atoms with E-state index in [0.29, 0.717) is 24.9 Å². The molecule has 0 spiro atoms. The van der Waals surface area contributed by atoms with Crippen molar-refractivity contribution in [2.75, 3.05) is 17.2 Å². The van der Waals surface area contributed by atoms with Gasteiger partial charge < -0.3 is 10.6 Å². The minimum absolute atomic E-state index is 0.230. The summed E-state index contributed by atoms with van der Waals surface area (Å²) in [5.41, 5.74) is 2.10. The molecule has 7 heteroatoms. The number of aromatic nitrogens is 4. The lowest BCUT2D eigenvalue weighted by molar-refractivity contribution is 0.627. The zero-order chi connectivity index (χ0) is 16.6. The zero-order valence-electron chi connectivity index (χ0n) is 13.0. The van der Waals surface area contributed by atoms with Gasteiger partial charge in [-0.05, 0) is 35.7 Å². The van der Waals surface area contributed by atoms with E-state index < -0.39 is 0 Å². The summed E-state index contributed by atoms with van der Waals surface area (Å²) in [5, 5.41) is 14.2. The summed E-state index contributed by atoms with van der Waals surface area (Å²) in [6.07, 6.45) is 5.85. The molecule has 0 atom stereocenters. The van der Waals surface area contributed by atoms with Crippen LogP contribution in [0.5, 0.6) is 0 Å². The van der Waals surface area contributed by atoms with Crippen LogP contribution >= 0.6 is 0 Å². The van der Waals surface area contributed by atoms with Crippen LogP contribution < -0.4 is 10.6 Å². The molecule has 0 aliphatic rings. The van der Waals surface area contributed by atoms with Crippen LogP contribution in [0.2, 0.25) is 0 Å². The molecule has 0 amide bonds. The molecule has 0 radical (unpaired) electrons. The number of anilines is 2. The van der Waals surface area contributed by atoms with E-state index >= 15 is 0 Å². The molecule has 0 aliphatic carbocycles. The van der Waals surface area contributed by atoms with Gasteiger partial charge in [0.2, 0.25) is 5.95 Å². The Bertz CT molecular complexity index is 764. The van der Waals surface area contributed by atoms with Crippen LogP contribution in [0.15, 0.2) is 55.0 Å². The van der Waals surface area contributed by atoms with Gasteiger partial charge in [-0.2, -0.15) is 10.1 Å². The Morgan fingerprint density at radius 2 is 1.83 bits per heavy atom. The van der Waals surface area contributed by atoms with E-state index in [0.717, 1.165) is 17.5 Å². The Labute approximate surface area is 139 Å². The maximum Gasteiger partial charge on any atom is 0.244 e. The third-order valence-electron chi connectivity index (χ3n) is 3.37. The van der Waals surface area contributed by atoms with Gasteiger partial charge in [-0.15, -0.1) is 5.10 Å². The molecule has 122 valence electrons. The predicted molar refractivity (Wildman–Crippen MR) is 90.0 cm³/mol. The van der Waals surface area contributed by atoms with E-state index in [2.05, 4.69) is 30.8 Å². The van der Waals surface area contributed by atoms with Crippen LogP contribution in [0.3, 0.4) is 0 Å². The molecule has 0 bridgehead atoms. The molecule has 24 heavy (non-hydrogen) atoms. The molecule has 1 aromatic carbocycles. The molecule has 6 nitrogen and oxygen atoms in total. The lowest BCUT2D eigenvalue weighted by Gasteiger charge is -2.07. The zero-order valence-corrected chi connectivity index (χ0v) is 13.0. The van der Waals surface area contributed by atoms with Gasteiger partial charge in [0, 0.05) is 25.5 Å². The summed E-state index contributed by atoms with van der Waals surface area (Å²) in [6, 6.07) is 10.3. The molecule has 3 aromatic rings. The normalized spacial score (nSPS) is 10.4. The van der Waals surface area contributed by atoms with Gasteiger partial charge in [-0.3, -0.25) is 4.98 Å². The van der Waals surface area contributed by atoms with Gasteiger partial charge in [0.25, 0.3) is 0 Å². The topological polar surface area (TPSA) is 75.6 Å². The van der Waals surface area contributed by atoms with Crippen molar-refractivity contribution in [3.8, 4) is 0 Å². The van der Waals surface area contributed by atoms with Crippen molar-refractivity contribution >= 4 is 11.8 Å². The minimum atomic E-state index is -0.230. The first kappa shape index (κ1) is 15.8. The smallest absolute Gasteiger partial charge is 0.244 e. The third kappa shape index (κ3) is 4.70. The highest BCUT2D eigenvalue weighted by Crippen LogP contribution is 2.07. The van der Waals surface area contributed by atoms with E-state index in [1.165, 1.54) is 12.1 Å². The summed E-state index contributed by atoms with van der Waals surface area (Å²) < 4.78 is 12.9. The second kappa shape index (κ2) is 7.96. The van der Waals surface area contributed by atoms with Crippen LogP contribution in [0.4, 0.5) is 16.2 Å². The number of hydrogen-bond acceptors (Lipinski definition) is 6. The van der Waals surface area contributed by atoms with Gasteiger partial charge in [0.1, 0.15) is 5.82 Å². The number of pyridine rings is 1. The van der Waals surface area contributed by atoms with Crippen molar-refractivity contribution in [3.05, 3.63) is 71.9 Å². The molecule has 0 unspecified atom stereocenters. The average molecular weight is 324 g/mol. The number of nitrogens with one attached hydrogen (secondary N) is 2. The first-order valence-electron chi connectivity index (χ1n) is 7.60. The Hall–Kier alpha value is -3.09. The van der Waals surface area contributed by atoms with Crippen LogP contribution in [0.1, 0.15) is 11.1 Å². The van der Waals surface area contributed by atoms with Crippen molar-refractivity contribution in [1.82, 2.24) is 20.2 Å². The fraction of sp³-hybridized carbons (Fsp3) is 0.176. The second-order valence-electron chi connectivity index (χ2n) is 5.18. The van der Waals surface area contributed by atoms with Crippen LogP contribution in [0, 0.1) is 5.82 Å². The van der Waals surface area contributed by atoms with Crippen molar-refractivity contribution in [2.24, 2.45) is 0 Å². The minimum Gasteiger partial charge on any atom is -0.364 e. The van der Waals surface area contributed by atoms with E-state index in [9.17, 15) is 4.39 Å². The summed E-state index contributed by atoms with van der Waals surface area (Å²) in [5.74, 6) is 0.859. The van der Waals surface area contributed by atoms with E-state index in [4.69, 9.17) is 0 Å². The molecule has 2 aromatic heterocycles. The first-order valence-corrected chi connectivity index (χ1v) is 7.60. The van der Waals surface area contributed by atoms with E-state index in [-0.39, 0.29) is 5.82 Å². The molecule has 3 rings (SSSR count). The molecule has 0 saturated heterocycles. The van der Waals surface area contributed by atoms with Crippen LogP contribution in [0.25, 0.3) is 0 Å². The summed E-state index contributed by atoms with van der Waals surface area (Å²) in [4.78, 5) is 8.42. The summed E-state index contributed by atoms with van der Waals surface area (Å²) in [7, 11) is 0. The van der Waals surface area contributed by atoms with E-state index in [1.807, 2.05) is 12.1 Å². The Kier molecular flexibility index (Phi) is 5.24. The molecular formula is C17H17FN6. The fourth-order valence-corrected chi connectivity index (χ4v) is 2.13. The Balaban J connectivity index is 1.50. The van der Waals surface area contributed by atoms with Gasteiger partial charge >= 0.3 is 0 Å². The van der Waals surface area contributed by atoms with Crippen molar-refractivity contribution in [3.63, 3.8) is 0 Å². The summed E-state index contributed by atoms with van der Waals surface area (Å²) in [6.45, 7) is 1.25. The van der Waals surface area contributed by atoms with Crippen molar-refractivity contribution < 1.29 is 4.39 Å². The molecule has 2 N–H and O–H groups in total. The number of hydrogen-bond donors (Lipinski definition) is 2. The quantitative estimate of drug-likeness (QED) is 0.696. The van der Waals surface area contributed by atoms with Crippen LogP contribution in [-0.4, -0.2) is 26.7 Å².